The molecule has 0 unspecified atom stereocenters. The number of nitrogens with one attached hydrogen (secondary N) is 2. The molecule has 6 nitrogen and oxygen atoms in total. The zero-order valence-corrected chi connectivity index (χ0v) is 12.1. The first kappa shape index (κ1) is 15.3. The Morgan fingerprint density at radius 1 is 1.00 bits per heavy atom. The first-order chi connectivity index (χ1) is 9.86. The predicted octanol–water partition coefficient (Wildman–Crippen LogP) is 3.23. The lowest BCUT2D eigenvalue weighted by molar-refractivity contribution is 0.262. The van der Waals surface area contributed by atoms with Crippen LogP contribution in [0.15, 0.2) is 53.4 Å². The standard InChI is InChI=1S/C13H11ClN2O4S/c14-11-3-1-2-4-12(11)16-13(17)15-9-5-7-10(8-6-9)21(18,19)20/h1-8H,(H2,15,16,17)(H,18,19,20). The minimum atomic E-state index is -4.25. The lowest BCUT2D eigenvalue weighted by Crippen LogP contribution is -2.19. The summed E-state index contributed by atoms with van der Waals surface area (Å²) in [6.45, 7) is 0. The molecule has 0 aliphatic rings. The van der Waals surface area contributed by atoms with Gasteiger partial charge in [0.25, 0.3) is 10.1 Å². The summed E-state index contributed by atoms with van der Waals surface area (Å²) in [5, 5.41) is 5.46. The van der Waals surface area contributed by atoms with Crippen molar-refractivity contribution >= 4 is 39.1 Å². The fraction of sp³-hybridized carbons (Fsp3) is 0. The highest BCUT2D eigenvalue weighted by molar-refractivity contribution is 7.85. The van der Waals surface area contributed by atoms with Crippen LogP contribution in [0.5, 0.6) is 0 Å². The number of anilines is 2. The van der Waals surface area contributed by atoms with Gasteiger partial charge in [-0.15, -0.1) is 0 Å². The summed E-state index contributed by atoms with van der Waals surface area (Å²) in [4.78, 5) is 11.5. The molecule has 0 bridgehead atoms. The first-order valence-electron chi connectivity index (χ1n) is 5.76. The average Bonchev–Trinajstić information content (AvgIpc) is 2.41. The number of hydrogen-bond donors (Lipinski definition) is 3. The molecule has 0 fully saturated rings. The number of carbonyl (C=O) groups excluding carboxylic acids is 1. The van der Waals surface area contributed by atoms with Crippen LogP contribution in [0.3, 0.4) is 0 Å². The highest BCUT2D eigenvalue weighted by Gasteiger charge is 2.10. The van der Waals surface area contributed by atoms with Gasteiger partial charge < -0.3 is 10.6 Å². The Labute approximate surface area is 126 Å². The van der Waals surface area contributed by atoms with Gasteiger partial charge in [-0.3, -0.25) is 4.55 Å². The van der Waals surface area contributed by atoms with Crippen LogP contribution in [-0.4, -0.2) is 19.0 Å². The normalized spacial score (nSPS) is 11.0. The van der Waals surface area contributed by atoms with Crippen molar-refractivity contribution in [3.63, 3.8) is 0 Å². The van der Waals surface area contributed by atoms with Gasteiger partial charge in [-0.2, -0.15) is 8.42 Å². The lowest BCUT2D eigenvalue weighted by Gasteiger charge is -2.09. The smallest absolute Gasteiger partial charge is 0.308 e. The molecule has 2 amide bonds. The van der Waals surface area contributed by atoms with Crippen molar-refractivity contribution in [1.82, 2.24) is 0 Å². The van der Waals surface area contributed by atoms with Gasteiger partial charge in [0.2, 0.25) is 0 Å². The molecule has 0 aromatic heterocycles. The summed E-state index contributed by atoms with van der Waals surface area (Å²) in [6.07, 6.45) is 0. The molecular formula is C13H11ClN2O4S. The summed E-state index contributed by atoms with van der Waals surface area (Å²) in [5.41, 5.74) is 0.818. The van der Waals surface area contributed by atoms with Crippen molar-refractivity contribution in [3.8, 4) is 0 Å². The Morgan fingerprint density at radius 2 is 1.62 bits per heavy atom. The average molecular weight is 327 g/mol. The van der Waals surface area contributed by atoms with Crippen LogP contribution in [-0.2, 0) is 10.1 Å². The van der Waals surface area contributed by atoms with Crippen LogP contribution in [0, 0.1) is 0 Å². The van der Waals surface area contributed by atoms with Crippen LogP contribution < -0.4 is 10.6 Å². The molecule has 8 heteroatoms. The van der Waals surface area contributed by atoms with Crippen molar-refractivity contribution in [1.29, 1.82) is 0 Å². The number of para-hydroxylation sites is 1. The maximum absolute atomic E-state index is 11.8. The van der Waals surface area contributed by atoms with Crippen LogP contribution in [0.1, 0.15) is 0 Å². The fourth-order valence-corrected chi connectivity index (χ4v) is 2.22. The Balaban J connectivity index is 2.05. The van der Waals surface area contributed by atoms with Gasteiger partial charge in [0.05, 0.1) is 15.6 Å². The van der Waals surface area contributed by atoms with E-state index in [0.717, 1.165) is 0 Å². The Hall–Kier alpha value is -2.09. The molecule has 3 N–H and O–H groups in total. The molecule has 21 heavy (non-hydrogen) atoms. The lowest BCUT2D eigenvalue weighted by atomic mass is 10.3. The topological polar surface area (TPSA) is 95.5 Å². The van der Waals surface area contributed by atoms with Gasteiger partial charge in [0.15, 0.2) is 0 Å². The van der Waals surface area contributed by atoms with Gasteiger partial charge in [-0.05, 0) is 36.4 Å². The Morgan fingerprint density at radius 3 is 2.19 bits per heavy atom. The summed E-state index contributed by atoms with van der Waals surface area (Å²) >= 11 is 5.91. The molecule has 0 spiro atoms. The van der Waals surface area contributed by atoms with E-state index < -0.39 is 16.1 Å². The van der Waals surface area contributed by atoms with E-state index in [1.54, 1.807) is 24.3 Å². The molecule has 110 valence electrons. The van der Waals surface area contributed by atoms with E-state index in [9.17, 15) is 13.2 Å². The van der Waals surface area contributed by atoms with E-state index in [-0.39, 0.29) is 4.90 Å². The number of carbonyl (C=O) groups is 1. The van der Waals surface area contributed by atoms with E-state index >= 15 is 0 Å². The highest BCUT2D eigenvalue weighted by atomic mass is 35.5. The molecule has 2 rings (SSSR count). The second-order valence-corrected chi connectivity index (χ2v) is 5.89. The van der Waals surface area contributed by atoms with Gasteiger partial charge in [-0.1, -0.05) is 23.7 Å². The van der Waals surface area contributed by atoms with Crippen molar-refractivity contribution in [2.24, 2.45) is 0 Å². The third-order valence-electron chi connectivity index (χ3n) is 2.53. The van der Waals surface area contributed by atoms with E-state index in [4.69, 9.17) is 16.2 Å². The van der Waals surface area contributed by atoms with Gasteiger partial charge in [0, 0.05) is 5.69 Å². The quantitative estimate of drug-likeness (QED) is 0.754. The maximum atomic E-state index is 11.8. The van der Waals surface area contributed by atoms with Crippen LogP contribution in [0.4, 0.5) is 16.2 Å². The second kappa shape index (κ2) is 6.13. The molecule has 0 atom stereocenters. The summed E-state index contributed by atoms with van der Waals surface area (Å²) in [7, 11) is -4.25. The summed E-state index contributed by atoms with van der Waals surface area (Å²) in [6, 6.07) is 11.3. The number of benzene rings is 2. The van der Waals surface area contributed by atoms with Crippen molar-refractivity contribution in [2.45, 2.75) is 4.90 Å². The van der Waals surface area contributed by atoms with E-state index in [0.29, 0.717) is 16.4 Å². The van der Waals surface area contributed by atoms with Crippen LogP contribution in [0.2, 0.25) is 5.02 Å². The molecule has 0 saturated carbocycles. The zero-order valence-electron chi connectivity index (χ0n) is 10.6. The minimum absolute atomic E-state index is 0.250. The third kappa shape index (κ3) is 4.19. The molecule has 2 aromatic carbocycles. The largest absolute Gasteiger partial charge is 0.323 e. The Bertz CT molecular complexity index is 760. The molecule has 0 saturated heterocycles. The van der Waals surface area contributed by atoms with Crippen LogP contribution in [0.25, 0.3) is 0 Å². The Kier molecular flexibility index (Phi) is 4.46. The third-order valence-corrected chi connectivity index (χ3v) is 3.73. The summed E-state index contributed by atoms with van der Waals surface area (Å²) in [5.74, 6) is 0. The molecular weight excluding hydrogens is 316 g/mol. The number of hydrogen-bond acceptors (Lipinski definition) is 3. The molecule has 0 radical (unpaired) electrons. The zero-order chi connectivity index (χ0) is 15.5. The van der Waals surface area contributed by atoms with Gasteiger partial charge in [0.1, 0.15) is 0 Å². The second-order valence-electron chi connectivity index (χ2n) is 4.06. The van der Waals surface area contributed by atoms with E-state index in [1.807, 2.05) is 0 Å². The van der Waals surface area contributed by atoms with Crippen molar-refractivity contribution in [2.75, 3.05) is 10.6 Å². The minimum Gasteiger partial charge on any atom is -0.308 e. The fourth-order valence-electron chi connectivity index (χ4n) is 1.56. The number of amides is 2. The van der Waals surface area contributed by atoms with Crippen LogP contribution >= 0.6 is 11.6 Å². The SMILES string of the molecule is O=C(Nc1ccc(S(=O)(=O)O)cc1)Nc1ccccc1Cl. The molecule has 0 aliphatic carbocycles. The monoisotopic (exact) mass is 326 g/mol. The van der Waals surface area contributed by atoms with Gasteiger partial charge in [-0.25, -0.2) is 4.79 Å². The number of halogens is 1. The number of rotatable bonds is 3. The molecule has 0 heterocycles. The van der Waals surface area contributed by atoms with Crippen molar-refractivity contribution < 1.29 is 17.8 Å². The van der Waals surface area contributed by atoms with Gasteiger partial charge >= 0.3 is 6.03 Å². The first-order valence-corrected chi connectivity index (χ1v) is 7.58. The maximum Gasteiger partial charge on any atom is 0.323 e. The predicted molar refractivity (Wildman–Crippen MR) is 80.4 cm³/mol. The highest BCUT2D eigenvalue weighted by Crippen LogP contribution is 2.21. The van der Waals surface area contributed by atoms with E-state index in [2.05, 4.69) is 10.6 Å². The summed E-state index contributed by atoms with van der Waals surface area (Å²) < 4.78 is 30.6. The van der Waals surface area contributed by atoms with E-state index in [1.165, 1.54) is 24.3 Å². The molecule has 0 aliphatic heterocycles. The number of urea groups is 1. The molecule has 2 aromatic rings. The van der Waals surface area contributed by atoms with Crippen molar-refractivity contribution in [3.05, 3.63) is 53.6 Å².